The number of nitrogen functional groups attached to an aromatic ring is 1. The molecule has 2 aromatic carbocycles. The van der Waals surface area contributed by atoms with E-state index in [0.29, 0.717) is 34.8 Å². The van der Waals surface area contributed by atoms with E-state index in [9.17, 15) is 14.0 Å². The molecule has 8 heteroatoms. The summed E-state index contributed by atoms with van der Waals surface area (Å²) in [5, 5.41) is 3.25. The van der Waals surface area contributed by atoms with E-state index >= 15 is 0 Å². The van der Waals surface area contributed by atoms with Gasteiger partial charge in [0.2, 0.25) is 5.91 Å². The number of hydrogen-bond acceptors (Lipinski definition) is 4. The summed E-state index contributed by atoms with van der Waals surface area (Å²) in [6, 6.07) is 10.9. The summed E-state index contributed by atoms with van der Waals surface area (Å²) >= 11 is 5.95. The van der Waals surface area contributed by atoms with Crippen LogP contribution in [0.1, 0.15) is 31.2 Å². The Bertz CT molecular complexity index is 1000. The van der Waals surface area contributed by atoms with Crippen LogP contribution in [0.4, 0.5) is 15.8 Å². The average Bonchev–Trinajstić information content (AvgIpc) is 3.26. The van der Waals surface area contributed by atoms with Crippen LogP contribution in [0, 0.1) is 5.82 Å². The maximum absolute atomic E-state index is 13.3. The summed E-state index contributed by atoms with van der Waals surface area (Å²) < 4.78 is 13.3. The Labute approximate surface area is 172 Å². The largest absolute Gasteiger partial charge is 0.396 e. The molecule has 0 unspecified atom stereocenters. The van der Waals surface area contributed by atoms with Crippen LogP contribution in [0.15, 0.2) is 47.5 Å². The quantitative estimate of drug-likeness (QED) is 0.749. The number of nitrogens with two attached hydrogens (primary N) is 1. The number of benzene rings is 2. The van der Waals surface area contributed by atoms with Gasteiger partial charge >= 0.3 is 0 Å². The topological polar surface area (TPSA) is 87.8 Å². The van der Waals surface area contributed by atoms with Crippen LogP contribution >= 0.6 is 11.6 Å². The van der Waals surface area contributed by atoms with Gasteiger partial charge in [-0.1, -0.05) is 23.7 Å². The van der Waals surface area contributed by atoms with E-state index in [1.165, 1.54) is 18.2 Å². The van der Waals surface area contributed by atoms with Gasteiger partial charge < -0.3 is 16.0 Å². The molecule has 0 bridgehead atoms. The first kappa shape index (κ1) is 19.4. The van der Waals surface area contributed by atoms with Gasteiger partial charge in [0.05, 0.1) is 5.69 Å². The Hall–Kier alpha value is -2.93. The van der Waals surface area contributed by atoms with Crippen molar-refractivity contribution in [3.63, 3.8) is 0 Å². The Morgan fingerprint density at radius 1 is 1.21 bits per heavy atom. The lowest BCUT2D eigenvalue weighted by molar-refractivity contribution is -0.132. The molecule has 1 fully saturated rings. The third kappa shape index (κ3) is 3.70. The number of amides is 2. The zero-order valence-electron chi connectivity index (χ0n) is 15.6. The number of nitrogens with one attached hydrogen (secondary N) is 1. The standard InChI is InChI=1S/C21H20ClFN4O2/c22-14-5-3-13(4-6-14)19-20(29)27(21(26-19)9-1-2-10-21)12-18(28)25-15-7-8-16(23)17(24)11-15/h3-8,11H,1-2,9-10,12,24H2,(H,25,28). The van der Waals surface area contributed by atoms with Crippen molar-refractivity contribution in [1.29, 1.82) is 0 Å². The minimum Gasteiger partial charge on any atom is -0.396 e. The highest BCUT2D eigenvalue weighted by atomic mass is 35.5. The van der Waals surface area contributed by atoms with Crippen LogP contribution in [0.2, 0.25) is 5.02 Å². The van der Waals surface area contributed by atoms with Crippen molar-refractivity contribution in [1.82, 2.24) is 4.90 Å². The van der Waals surface area contributed by atoms with Crippen molar-refractivity contribution >= 4 is 40.5 Å². The van der Waals surface area contributed by atoms with E-state index in [0.717, 1.165) is 12.8 Å². The second-order valence-corrected chi connectivity index (χ2v) is 7.77. The molecule has 0 atom stereocenters. The fourth-order valence-electron chi connectivity index (χ4n) is 3.94. The molecule has 0 radical (unpaired) electrons. The number of anilines is 2. The van der Waals surface area contributed by atoms with Gasteiger partial charge in [0.15, 0.2) is 0 Å². The number of rotatable bonds is 4. The molecule has 1 saturated carbocycles. The average molecular weight is 415 g/mol. The predicted molar refractivity (Wildman–Crippen MR) is 110 cm³/mol. The highest BCUT2D eigenvalue weighted by Crippen LogP contribution is 2.41. The van der Waals surface area contributed by atoms with Crippen LogP contribution in [0.25, 0.3) is 0 Å². The molecule has 0 saturated heterocycles. The van der Waals surface area contributed by atoms with Crippen molar-refractivity contribution in [2.24, 2.45) is 4.99 Å². The monoisotopic (exact) mass is 414 g/mol. The van der Waals surface area contributed by atoms with Gasteiger partial charge in [-0.25, -0.2) is 4.39 Å². The predicted octanol–water partition coefficient (Wildman–Crippen LogP) is 3.60. The molecule has 1 aliphatic carbocycles. The first-order chi connectivity index (χ1) is 13.9. The third-order valence-corrected chi connectivity index (χ3v) is 5.63. The lowest BCUT2D eigenvalue weighted by Gasteiger charge is -2.32. The number of nitrogens with zero attached hydrogens (tertiary/aromatic N) is 2. The fourth-order valence-corrected chi connectivity index (χ4v) is 4.06. The molecule has 29 heavy (non-hydrogen) atoms. The highest BCUT2D eigenvalue weighted by Gasteiger charge is 2.49. The summed E-state index contributed by atoms with van der Waals surface area (Å²) in [5.74, 6) is -1.21. The second kappa shape index (κ2) is 7.48. The maximum Gasteiger partial charge on any atom is 0.275 e. The molecule has 6 nitrogen and oxygen atoms in total. The number of carbonyl (C=O) groups is 2. The minimum absolute atomic E-state index is 0.0549. The van der Waals surface area contributed by atoms with Crippen LogP contribution in [0.5, 0.6) is 0 Å². The molecule has 2 aliphatic rings. The van der Waals surface area contributed by atoms with Gasteiger partial charge in [0.1, 0.15) is 23.7 Å². The Morgan fingerprint density at radius 2 is 1.90 bits per heavy atom. The van der Waals surface area contributed by atoms with Crippen LogP contribution in [-0.4, -0.2) is 34.6 Å². The fraction of sp³-hybridized carbons (Fsp3) is 0.286. The number of halogens is 2. The SMILES string of the molecule is Nc1cc(NC(=O)CN2C(=O)C(c3ccc(Cl)cc3)=NC23CCCC3)ccc1F. The van der Waals surface area contributed by atoms with Gasteiger partial charge in [0.25, 0.3) is 5.91 Å². The van der Waals surface area contributed by atoms with Gasteiger partial charge in [-0.15, -0.1) is 0 Å². The summed E-state index contributed by atoms with van der Waals surface area (Å²) in [7, 11) is 0. The van der Waals surface area contributed by atoms with Crippen molar-refractivity contribution in [3.8, 4) is 0 Å². The van der Waals surface area contributed by atoms with E-state index in [1.807, 2.05) is 0 Å². The van der Waals surface area contributed by atoms with Crippen molar-refractivity contribution in [2.45, 2.75) is 31.3 Å². The molecule has 4 rings (SSSR count). The van der Waals surface area contributed by atoms with Crippen LogP contribution < -0.4 is 11.1 Å². The Balaban J connectivity index is 1.56. The van der Waals surface area contributed by atoms with Crippen molar-refractivity contribution in [2.75, 3.05) is 17.6 Å². The van der Waals surface area contributed by atoms with Crippen LogP contribution in [-0.2, 0) is 9.59 Å². The Morgan fingerprint density at radius 3 is 2.55 bits per heavy atom. The van der Waals surface area contributed by atoms with Gasteiger partial charge in [-0.2, -0.15) is 0 Å². The molecule has 2 amide bonds. The van der Waals surface area contributed by atoms with E-state index in [1.54, 1.807) is 29.2 Å². The van der Waals surface area contributed by atoms with Gasteiger partial charge in [0, 0.05) is 16.3 Å². The highest BCUT2D eigenvalue weighted by molar-refractivity contribution is 6.47. The number of carbonyl (C=O) groups excluding carboxylic acids is 2. The molecule has 1 spiro atoms. The van der Waals surface area contributed by atoms with E-state index in [2.05, 4.69) is 5.32 Å². The smallest absolute Gasteiger partial charge is 0.275 e. The van der Waals surface area contributed by atoms with E-state index in [4.69, 9.17) is 22.3 Å². The second-order valence-electron chi connectivity index (χ2n) is 7.33. The lowest BCUT2D eigenvalue weighted by atomic mass is 10.1. The summed E-state index contributed by atoms with van der Waals surface area (Å²) in [5.41, 5.74) is 6.21. The van der Waals surface area contributed by atoms with Gasteiger partial charge in [-0.3, -0.25) is 14.6 Å². The van der Waals surface area contributed by atoms with E-state index in [-0.39, 0.29) is 24.0 Å². The first-order valence-electron chi connectivity index (χ1n) is 9.41. The summed E-state index contributed by atoms with van der Waals surface area (Å²) in [6.07, 6.45) is 3.31. The molecule has 0 aromatic heterocycles. The lowest BCUT2D eigenvalue weighted by Crippen LogP contribution is -2.48. The zero-order valence-corrected chi connectivity index (χ0v) is 16.4. The summed E-state index contributed by atoms with van der Waals surface area (Å²) in [6.45, 7) is -0.142. The molecular formula is C21H20ClFN4O2. The number of hydrogen-bond donors (Lipinski definition) is 2. The molecule has 1 heterocycles. The number of aliphatic imine (C=N–C) groups is 1. The third-order valence-electron chi connectivity index (χ3n) is 5.37. The van der Waals surface area contributed by atoms with E-state index < -0.39 is 11.5 Å². The first-order valence-corrected chi connectivity index (χ1v) is 9.78. The zero-order chi connectivity index (χ0) is 20.6. The Kier molecular flexibility index (Phi) is 5.00. The van der Waals surface area contributed by atoms with Crippen LogP contribution in [0.3, 0.4) is 0 Å². The van der Waals surface area contributed by atoms with Crippen molar-refractivity contribution in [3.05, 3.63) is 58.9 Å². The van der Waals surface area contributed by atoms with Gasteiger partial charge in [-0.05, 0) is 56.0 Å². The molecule has 2 aromatic rings. The van der Waals surface area contributed by atoms with Crippen molar-refractivity contribution < 1.29 is 14.0 Å². The molecular weight excluding hydrogens is 395 g/mol. The maximum atomic E-state index is 13.3. The molecule has 150 valence electrons. The normalized spacial score (nSPS) is 17.7. The minimum atomic E-state index is -0.689. The molecule has 1 aliphatic heterocycles. The molecule has 3 N–H and O–H groups in total. The summed E-state index contributed by atoms with van der Waals surface area (Å²) in [4.78, 5) is 32.1.